The summed E-state index contributed by atoms with van der Waals surface area (Å²) in [5, 5.41) is 10.8. The number of benzene rings is 2. The molecule has 0 aromatic heterocycles. The average Bonchev–Trinajstić information content (AvgIpc) is 2.59. The van der Waals surface area contributed by atoms with Crippen molar-refractivity contribution in [1.82, 2.24) is 4.90 Å². The fourth-order valence-corrected chi connectivity index (χ4v) is 4.28. The molecule has 0 saturated heterocycles. The first kappa shape index (κ1) is 19.3. The van der Waals surface area contributed by atoms with Crippen molar-refractivity contribution in [3.63, 3.8) is 0 Å². The van der Waals surface area contributed by atoms with Gasteiger partial charge in [0.2, 0.25) is 0 Å². The molecule has 1 aliphatic heterocycles. The number of hydrogen-bond donors (Lipinski definition) is 1. The lowest BCUT2D eigenvalue weighted by Crippen LogP contribution is -2.35. The predicted octanol–water partition coefficient (Wildman–Crippen LogP) is 5.29. The van der Waals surface area contributed by atoms with Crippen molar-refractivity contribution in [3.05, 3.63) is 63.1 Å². The second-order valence-electron chi connectivity index (χ2n) is 6.39. The lowest BCUT2D eigenvalue weighted by molar-refractivity contribution is 0.202. The van der Waals surface area contributed by atoms with Crippen LogP contribution in [0.5, 0.6) is 0 Å². The second-order valence-corrected chi connectivity index (χ2v) is 7.61. The topological polar surface area (TPSA) is 43.8 Å². The van der Waals surface area contributed by atoms with E-state index in [9.17, 15) is 9.90 Å². The van der Waals surface area contributed by atoms with E-state index in [-0.39, 0.29) is 18.3 Å². The Kier molecular flexibility index (Phi) is 5.98. The van der Waals surface area contributed by atoms with Crippen LogP contribution in [0.15, 0.2) is 36.4 Å². The summed E-state index contributed by atoms with van der Waals surface area (Å²) in [6.07, 6.45) is -1.02. The Labute approximate surface area is 167 Å². The molecule has 138 valence electrons. The summed E-state index contributed by atoms with van der Waals surface area (Å²) in [7, 11) is 2.03. The maximum Gasteiger partial charge on any atom is 0.411 e. The highest BCUT2D eigenvalue weighted by Gasteiger charge is 2.30. The number of nitrogens with zero attached hydrogens (tertiary/aromatic N) is 2. The van der Waals surface area contributed by atoms with Gasteiger partial charge in [0, 0.05) is 41.5 Å². The van der Waals surface area contributed by atoms with Crippen LogP contribution in [0, 0.1) is 0 Å². The van der Waals surface area contributed by atoms with Crippen molar-refractivity contribution in [2.45, 2.75) is 12.5 Å². The Morgan fingerprint density at radius 1 is 1.27 bits per heavy atom. The van der Waals surface area contributed by atoms with E-state index in [1.165, 1.54) is 4.90 Å². The molecule has 0 radical (unpaired) electrons. The third kappa shape index (κ3) is 3.79. The van der Waals surface area contributed by atoms with Crippen LogP contribution in [-0.4, -0.2) is 42.1 Å². The number of hydrogen-bond acceptors (Lipinski definition) is 2. The van der Waals surface area contributed by atoms with Crippen molar-refractivity contribution >= 4 is 46.6 Å². The third-order valence-corrected chi connectivity index (χ3v) is 5.36. The molecule has 0 spiro atoms. The molecular weight excluding hydrogens is 395 g/mol. The second kappa shape index (κ2) is 8.05. The molecule has 1 aliphatic rings. The Hall–Kier alpha value is -1.46. The minimum Gasteiger partial charge on any atom is -0.465 e. The van der Waals surface area contributed by atoms with E-state index in [0.717, 1.165) is 29.8 Å². The number of para-hydroxylation sites is 1. The minimum absolute atomic E-state index is 0.0340. The van der Waals surface area contributed by atoms with E-state index in [4.69, 9.17) is 34.8 Å². The quantitative estimate of drug-likeness (QED) is 0.692. The number of alkyl halides is 1. The first-order valence-corrected chi connectivity index (χ1v) is 9.53. The van der Waals surface area contributed by atoms with Gasteiger partial charge >= 0.3 is 6.09 Å². The fraction of sp³-hybridized carbons (Fsp3) is 0.316. The first-order chi connectivity index (χ1) is 12.4. The number of halogens is 3. The van der Waals surface area contributed by atoms with Gasteiger partial charge in [0.05, 0.1) is 5.69 Å². The van der Waals surface area contributed by atoms with E-state index >= 15 is 0 Å². The van der Waals surface area contributed by atoms with Crippen LogP contribution in [0.4, 0.5) is 10.5 Å². The fourth-order valence-electron chi connectivity index (χ4n) is 3.54. The highest BCUT2D eigenvalue weighted by molar-refractivity contribution is 6.35. The van der Waals surface area contributed by atoms with E-state index in [1.54, 1.807) is 6.07 Å². The standard InChI is InChI=1S/C19H19Cl3N2O2/c1-23-10-15(14-8-12(21)9-17(22)16(14)11-23)13-4-2-3-5-18(13)24(7-6-20)19(25)26/h2-5,8-9,15H,6-7,10-11H2,1H3,(H,25,26). The van der Waals surface area contributed by atoms with Gasteiger partial charge in [0.1, 0.15) is 0 Å². The maximum absolute atomic E-state index is 11.8. The summed E-state index contributed by atoms with van der Waals surface area (Å²) in [5.74, 6) is 0.188. The number of fused-ring (bicyclic) bond motifs is 1. The number of likely N-dealkylation sites (N-methyl/N-ethyl adjacent to an activating group) is 1. The predicted molar refractivity (Wildman–Crippen MR) is 107 cm³/mol. The molecule has 2 aromatic rings. The van der Waals surface area contributed by atoms with Crippen molar-refractivity contribution in [2.75, 3.05) is 30.9 Å². The van der Waals surface area contributed by atoms with Crippen LogP contribution in [-0.2, 0) is 6.54 Å². The highest BCUT2D eigenvalue weighted by Crippen LogP contribution is 2.41. The van der Waals surface area contributed by atoms with E-state index in [1.807, 2.05) is 37.4 Å². The molecule has 2 aromatic carbocycles. The van der Waals surface area contributed by atoms with Crippen molar-refractivity contribution in [2.24, 2.45) is 0 Å². The monoisotopic (exact) mass is 412 g/mol. The number of carbonyl (C=O) groups is 1. The smallest absolute Gasteiger partial charge is 0.411 e. The van der Waals surface area contributed by atoms with Crippen LogP contribution in [0.1, 0.15) is 22.6 Å². The molecule has 0 saturated carbocycles. The Bertz CT molecular complexity index is 828. The summed E-state index contributed by atoms with van der Waals surface area (Å²) in [5.41, 5.74) is 3.64. The summed E-state index contributed by atoms with van der Waals surface area (Å²) < 4.78 is 0. The Morgan fingerprint density at radius 3 is 2.69 bits per heavy atom. The zero-order valence-corrected chi connectivity index (χ0v) is 16.5. The lowest BCUT2D eigenvalue weighted by atomic mass is 9.83. The molecule has 1 amide bonds. The molecule has 1 N–H and O–H groups in total. The molecule has 0 aliphatic carbocycles. The minimum atomic E-state index is -1.02. The normalized spacial score (nSPS) is 17.0. The summed E-state index contributed by atoms with van der Waals surface area (Å²) in [4.78, 5) is 15.2. The van der Waals surface area contributed by atoms with Gasteiger partial charge in [-0.1, -0.05) is 41.4 Å². The lowest BCUT2D eigenvalue weighted by Gasteiger charge is -2.35. The molecular formula is C19H19Cl3N2O2. The van der Waals surface area contributed by atoms with Gasteiger partial charge in [-0.25, -0.2) is 4.79 Å². The molecule has 4 nitrogen and oxygen atoms in total. The number of rotatable bonds is 4. The zero-order chi connectivity index (χ0) is 18.8. The van der Waals surface area contributed by atoms with Gasteiger partial charge in [-0.05, 0) is 41.9 Å². The van der Waals surface area contributed by atoms with E-state index in [2.05, 4.69) is 4.90 Å². The molecule has 0 bridgehead atoms. The van der Waals surface area contributed by atoms with Crippen molar-refractivity contribution in [1.29, 1.82) is 0 Å². The van der Waals surface area contributed by atoms with Crippen molar-refractivity contribution in [3.8, 4) is 0 Å². The summed E-state index contributed by atoms with van der Waals surface area (Å²) >= 11 is 18.5. The summed E-state index contributed by atoms with van der Waals surface area (Å²) in [6, 6.07) is 11.2. The zero-order valence-electron chi connectivity index (χ0n) is 14.3. The molecule has 1 atom stereocenters. The Morgan fingerprint density at radius 2 is 2.00 bits per heavy atom. The van der Waals surface area contributed by atoms with Crippen LogP contribution in [0.3, 0.4) is 0 Å². The SMILES string of the molecule is CN1Cc2c(Cl)cc(Cl)cc2C(c2ccccc2N(CCCl)C(=O)O)C1. The molecule has 1 heterocycles. The average molecular weight is 414 g/mol. The van der Waals surface area contributed by atoms with Gasteiger partial charge in [0.25, 0.3) is 0 Å². The number of amides is 1. The summed E-state index contributed by atoms with van der Waals surface area (Å²) in [6.45, 7) is 1.70. The molecule has 0 fully saturated rings. The highest BCUT2D eigenvalue weighted by atomic mass is 35.5. The van der Waals surface area contributed by atoms with Crippen LogP contribution < -0.4 is 4.90 Å². The third-order valence-electron chi connectivity index (χ3n) is 4.63. The van der Waals surface area contributed by atoms with E-state index < -0.39 is 6.09 Å². The first-order valence-electron chi connectivity index (χ1n) is 8.24. The van der Waals surface area contributed by atoms with Crippen LogP contribution >= 0.6 is 34.8 Å². The van der Waals surface area contributed by atoms with Crippen LogP contribution in [0.25, 0.3) is 0 Å². The van der Waals surface area contributed by atoms with Gasteiger partial charge in [0.15, 0.2) is 0 Å². The van der Waals surface area contributed by atoms with Gasteiger partial charge < -0.3 is 10.0 Å². The van der Waals surface area contributed by atoms with Gasteiger partial charge in [-0.3, -0.25) is 4.90 Å². The van der Waals surface area contributed by atoms with E-state index in [0.29, 0.717) is 15.7 Å². The van der Waals surface area contributed by atoms with Gasteiger partial charge in [-0.2, -0.15) is 0 Å². The number of anilines is 1. The van der Waals surface area contributed by atoms with Gasteiger partial charge in [-0.15, -0.1) is 11.6 Å². The largest absolute Gasteiger partial charge is 0.465 e. The van der Waals surface area contributed by atoms with Crippen molar-refractivity contribution < 1.29 is 9.90 Å². The molecule has 7 heteroatoms. The van der Waals surface area contributed by atoms with Crippen LogP contribution in [0.2, 0.25) is 10.0 Å². The molecule has 3 rings (SSSR count). The maximum atomic E-state index is 11.8. The number of carboxylic acid groups (broad SMARTS) is 1. The molecule has 26 heavy (non-hydrogen) atoms. The molecule has 1 unspecified atom stereocenters. The Balaban J connectivity index is 2.15.